The van der Waals surface area contributed by atoms with Crippen molar-refractivity contribution < 1.29 is 9.47 Å². The van der Waals surface area contributed by atoms with Gasteiger partial charge in [-0.3, -0.25) is 0 Å². The van der Waals surface area contributed by atoms with Gasteiger partial charge in [-0.15, -0.1) is 11.6 Å². The van der Waals surface area contributed by atoms with Gasteiger partial charge in [0.15, 0.2) is 0 Å². The van der Waals surface area contributed by atoms with Gasteiger partial charge in [-0.25, -0.2) is 0 Å². The summed E-state index contributed by atoms with van der Waals surface area (Å²) >= 11 is 6.34. The SMILES string of the molecule is COCCCOC1CC(Cl)C12CCCC2. The lowest BCUT2D eigenvalue weighted by Gasteiger charge is -2.51. The van der Waals surface area contributed by atoms with Crippen LogP contribution in [0.25, 0.3) is 0 Å². The lowest BCUT2D eigenvalue weighted by molar-refractivity contribution is -0.107. The van der Waals surface area contributed by atoms with E-state index in [9.17, 15) is 0 Å². The molecule has 2 rings (SSSR count). The van der Waals surface area contributed by atoms with E-state index in [0.717, 1.165) is 26.1 Å². The molecule has 2 saturated carbocycles. The van der Waals surface area contributed by atoms with Crippen molar-refractivity contribution in [3.8, 4) is 0 Å². The van der Waals surface area contributed by atoms with Gasteiger partial charge in [0.25, 0.3) is 0 Å². The molecule has 1 spiro atoms. The second-order valence-electron chi connectivity index (χ2n) is 4.85. The number of ether oxygens (including phenoxy) is 2. The van der Waals surface area contributed by atoms with Gasteiger partial charge in [-0.05, 0) is 25.7 Å². The van der Waals surface area contributed by atoms with E-state index in [0.29, 0.717) is 16.9 Å². The molecule has 2 fully saturated rings. The first-order valence-electron chi connectivity index (χ1n) is 6.04. The molecule has 0 heterocycles. The Morgan fingerprint density at radius 2 is 2.00 bits per heavy atom. The number of rotatable bonds is 5. The van der Waals surface area contributed by atoms with Gasteiger partial charge < -0.3 is 9.47 Å². The zero-order valence-electron chi connectivity index (χ0n) is 9.51. The Bertz CT molecular complexity index is 202. The van der Waals surface area contributed by atoms with Crippen LogP contribution in [0.1, 0.15) is 38.5 Å². The average molecular weight is 233 g/mol. The third-order valence-electron chi connectivity index (χ3n) is 4.03. The molecule has 2 atom stereocenters. The summed E-state index contributed by atoms with van der Waals surface area (Å²) < 4.78 is 10.9. The fraction of sp³-hybridized carbons (Fsp3) is 1.00. The van der Waals surface area contributed by atoms with Crippen LogP contribution in [0.5, 0.6) is 0 Å². The normalized spacial score (nSPS) is 33.2. The maximum atomic E-state index is 6.34. The van der Waals surface area contributed by atoms with E-state index < -0.39 is 0 Å². The minimum atomic E-state index is 0.342. The molecule has 0 aromatic carbocycles. The van der Waals surface area contributed by atoms with Crippen molar-refractivity contribution in [3.05, 3.63) is 0 Å². The zero-order valence-corrected chi connectivity index (χ0v) is 10.3. The summed E-state index contributed by atoms with van der Waals surface area (Å²) in [7, 11) is 1.73. The Kier molecular flexibility index (Phi) is 3.92. The van der Waals surface area contributed by atoms with Crippen LogP contribution in [-0.2, 0) is 9.47 Å². The van der Waals surface area contributed by atoms with Crippen molar-refractivity contribution in [3.63, 3.8) is 0 Å². The van der Waals surface area contributed by atoms with Gasteiger partial charge >= 0.3 is 0 Å². The highest BCUT2D eigenvalue weighted by Crippen LogP contribution is 2.57. The molecule has 0 N–H and O–H groups in total. The lowest BCUT2D eigenvalue weighted by Crippen LogP contribution is -2.54. The molecule has 0 saturated heterocycles. The van der Waals surface area contributed by atoms with Gasteiger partial charge in [0.2, 0.25) is 0 Å². The van der Waals surface area contributed by atoms with Crippen LogP contribution in [0.15, 0.2) is 0 Å². The first-order valence-corrected chi connectivity index (χ1v) is 6.48. The Morgan fingerprint density at radius 1 is 1.27 bits per heavy atom. The maximum Gasteiger partial charge on any atom is 0.0659 e. The Labute approximate surface area is 97.3 Å². The van der Waals surface area contributed by atoms with Crippen LogP contribution in [0.4, 0.5) is 0 Å². The molecule has 0 aliphatic heterocycles. The number of hydrogen-bond donors (Lipinski definition) is 0. The van der Waals surface area contributed by atoms with E-state index in [-0.39, 0.29) is 0 Å². The fourth-order valence-corrected chi connectivity index (χ4v) is 3.55. The Balaban J connectivity index is 1.74. The van der Waals surface area contributed by atoms with E-state index in [1.807, 2.05) is 0 Å². The first kappa shape index (κ1) is 11.7. The van der Waals surface area contributed by atoms with E-state index in [4.69, 9.17) is 21.1 Å². The highest BCUT2D eigenvalue weighted by Gasteiger charge is 2.55. The van der Waals surface area contributed by atoms with E-state index >= 15 is 0 Å². The molecular weight excluding hydrogens is 212 g/mol. The minimum Gasteiger partial charge on any atom is -0.385 e. The Hall–Kier alpha value is 0.210. The monoisotopic (exact) mass is 232 g/mol. The predicted molar refractivity (Wildman–Crippen MR) is 61.4 cm³/mol. The first-order chi connectivity index (χ1) is 7.29. The molecular formula is C12H21ClO2. The molecule has 0 bridgehead atoms. The Morgan fingerprint density at radius 3 is 2.60 bits per heavy atom. The predicted octanol–water partition coefficient (Wildman–Crippen LogP) is 2.98. The van der Waals surface area contributed by atoms with Crippen molar-refractivity contribution >= 4 is 11.6 Å². The summed E-state index contributed by atoms with van der Waals surface area (Å²) in [6, 6.07) is 0. The van der Waals surface area contributed by atoms with E-state index in [1.165, 1.54) is 25.7 Å². The van der Waals surface area contributed by atoms with Gasteiger partial charge in [0.05, 0.1) is 6.10 Å². The van der Waals surface area contributed by atoms with Gasteiger partial charge in [-0.1, -0.05) is 12.8 Å². The van der Waals surface area contributed by atoms with Gasteiger partial charge in [-0.2, -0.15) is 0 Å². The van der Waals surface area contributed by atoms with Gasteiger partial charge in [0.1, 0.15) is 0 Å². The van der Waals surface area contributed by atoms with Crippen molar-refractivity contribution in [2.24, 2.45) is 5.41 Å². The summed E-state index contributed by atoms with van der Waals surface area (Å²) in [5.41, 5.74) is 0.342. The summed E-state index contributed by atoms with van der Waals surface area (Å²) in [5, 5.41) is 0.368. The van der Waals surface area contributed by atoms with Crippen LogP contribution < -0.4 is 0 Å². The third-order valence-corrected chi connectivity index (χ3v) is 4.65. The number of halogens is 1. The summed E-state index contributed by atoms with van der Waals surface area (Å²) in [6.07, 6.45) is 7.69. The van der Waals surface area contributed by atoms with Crippen molar-refractivity contribution in [2.45, 2.75) is 50.0 Å². The molecule has 0 radical (unpaired) electrons. The average Bonchev–Trinajstić information content (AvgIpc) is 2.74. The van der Waals surface area contributed by atoms with E-state index in [1.54, 1.807) is 7.11 Å². The molecule has 88 valence electrons. The molecule has 3 heteroatoms. The quantitative estimate of drug-likeness (QED) is 0.536. The topological polar surface area (TPSA) is 18.5 Å². The second-order valence-corrected chi connectivity index (χ2v) is 5.38. The largest absolute Gasteiger partial charge is 0.385 e. The molecule has 2 aliphatic rings. The summed E-state index contributed by atoms with van der Waals surface area (Å²) in [6.45, 7) is 1.62. The third kappa shape index (κ3) is 2.17. The maximum absolute atomic E-state index is 6.34. The second kappa shape index (κ2) is 5.03. The zero-order chi connectivity index (χ0) is 10.7. The number of alkyl halides is 1. The highest BCUT2D eigenvalue weighted by atomic mass is 35.5. The molecule has 2 aliphatic carbocycles. The molecule has 0 aromatic rings. The summed E-state index contributed by atoms with van der Waals surface area (Å²) in [4.78, 5) is 0. The molecule has 2 nitrogen and oxygen atoms in total. The summed E-state index contributed by atoms with van der Waals surface area (Å²) in [5.74, 6) is 0. The number of hydrogen-bond acceptors (Lipinski definition) is 2. The lowest BCUT2D eigenvalue weighted by atomic mass is 9.64. The minimum absolute atomic E-state index is 0.342. The molecule has 2 unspecified atom stereocenters. The van der Waals surface area contributed by atoms with Crippen LogP contribution >= 0.6 is 11.6 Å². The number of methoxy groups -OCH3 is 1. The fourth-order valence-electron chi connectivity index (χ4n) is 3.03. The van der Waals surface area contributed by atoms with Crippen LogP contribution in [-0.4, -0.2) is 31.8 Å². The highest BCUT2D eigenvalue weighted by molar-refractivity contribution is 6.21. The molecule has 0 aromatic heterocycles. The van der Waals surface area contributed by atoms with Crippen LogP contribution in [0.3, 0.4) is 0 Å². The standard InChI is InChI=1S/C12H21ClO2/c1-14-7-4-8-15-11-9-10(13)12(11)5-2-3-6-12/h10-11H,2-9H2,1H3. The molecule has 0 amide bonds. The van der Waals surface area contributed by atoms with Gasteiger partial charge in [0, 0.05) is 31.1 Å². The van der Waals surface area contributed by atoms with Crippen molar-refractivity contribution in [1.82, 2.24) is 0 Å². The van der Waals surface area contributed by atoms with Crippen LogP contribution in [0.2, 0.25) is 0 Å². The van der Waals surface area contributed by atoms with Crippen LogP contribution in [0, 0.1) is 5.41 Å². The smallest absolute Gasteiger partial charge is 0.0659 e. The van der Waals surface area contributed by atoms with Crippen molar-refractivity contribution in [2.75, 3.05) is 20.3 Å². The van der Waals surface area contributed by atoms with Crippen molar-refractivity contribution in [1.29, 1.82) is 0 Å². The molecule has 15 heavy (non-hydrogen) atoms. The van der Waals surface area contributed by atoms with E-state index in [2.05, 4.69) is 0 Å².